The number of nitro groups is 2. The quantitative estimate of drug-likeness (QED) is 0.115. The molecule has 0 saturated carbocycles. The number of hydrazone groups is 1. The van der Waals surface area contributed by atoms with Crippen LogP contribution in [0.5, 0.6) is 0 Å². The fourth-order valence-electron chi connectivity index (χ4n) is 4.76. The molecule has 0 bridgehead atoms. The van der Waals surface area contributed by atoms with E-state index < -0.39 is 19.9 Å². The monoisotopic (exact) mass is 626 g/mol. The van der Waals surface area contributed by atoms with Crippen LogP contribution in [0, 0.1) is 20.2 Å². The third-order valence-electron chi connectivity index (χ3n) is 6.86. The lowest BCUT2D eigenvalue weighted by Gasteiger charge is -2.34. The highest BCUT2D eigenvalue weighted by Gasteiger charge is 2.35. The summed E-state index contributed by atoms with van der Waals surface area (Å²) < 4.78 is 30.4. The molecule has 0 amide bonds. The Morgan fingerprint density at radius 1 is 1.12 bits per heavy atom. The number of nitro benzene ring substituents is 2. The number of sulfonamides is 1. The molecule has 1 aliphatic rings. The van der Waals surface area contributed by atoms with E-state index in [1.54, 1.807) is 12.1 Å². The van der Waals surface area contributed by atoms with Crippen LogP contribution < -0.4 is 5.43 Å². The highest BCUT2D eigenvalue weighted by atomic mass is 32.2. The third-order valence-corrected chi connectivity index (χ3v) is 11.0. The summed E-state index contributed by atoms with van der Waals surface area (Å²) in [7, 11) is -4.07. The van der Waals surface area contributed by atoms with Crippen molar-refractivity contribution in [2.24, 2.45) is 5.10 Å². The molecular weight excluding hydrogens is 601 g/mol. The molecular formula is C27H26N6O6S3. The number of piperidine rings is 1. The Morgan fingerprint density at radius 2 is 1.93 bits per heavy atom. The number of thiazole rings is 1. The zero-order valence-electron chi connectivity index (χ0n) is 22.4. The second kappa shape index (κ2) is 12.5. The van der Waals surface area contributed by atoms with E-state index in [-0.39, 0.29) is 28.0 Å². The molecule has 1 aliphatic heterocycles. The number of rotatable bonds is 10. The Bertz CT molecular complexity index is 1760. The van der Waals surface area contributed by atoms with Crippen LogP contribution in [0.2, 0.25) is 0 Å². The minimum Gasteiger partial charge on any atom is -0.277 e. The summed E-state index contributed by atoms with van der Waals surface area (Å²) >= 11 is 2.64. The van der Waals surface area contributed by atoms with Crippen molar-refractivity contribution >= 4 is 66.6 Å². The van der Waals surface area contributed by atoms with Crippen molar-refractivity contribution in [1.29, 1.82) is 0 Å². The molecule has 1 N–H and O–H groups in total. The normalized spacial score (nSPS) is 16.2. The van der Waals surface area contributed by atoms with Crippen LogP contribution in [0.15, 0.2) is 79.9 Å². The summed E-state index contributed by atoms with van der Waals surface area (Å²) in [5.41, 5.74) is 3.48. The van der Waals surface area contributed by atoms with Crippen molar-refractivity contribution in [1.82, 2.24) is 9.29 Å². The predicted octanol–water partition coefficient (Wildman–Crippen LogP) is 6.66. The van der Waals surface area contributed by atoms with Crippen LogP contribution in [-0.4, -0.2) is 46.4 Å². The summed E-state index contributed by atoms with van der Waals surface area (Å²) in [6.07, 6.45) is 4.29. The zero-order valence-corrected chi connectivity index (χ0v) is 24.8. The van der Waals surface area contributed by atoms with Crippen molar-refractivity contribution in [2.45, 2.75) is 52.8 Å². The lowest BCUT2D eigenvalue weighted by Crippen LogP contribution is -2.43. The van der Waals surface area contributed by atoms with Crippen molar-refractivity contribution in [2.75, 3.05) is 12.0 Å². The molecule has 1 fully saturated rings. The van der Waals surface area contributed by atoms with Gasteiger partial charge in [0.2, 0.25) is 10.0 Å². The Balaban J connectivity index is 1.40. The van der Waals surface area contributed by atoms with Crippen LogP contribution in [0.4, 0.5) is 17.1 Å². The van der Waals surface area contributed by atoms with Gasteiger partial charge in [-0.3, -0.25) is 25.7 Å². The average molecular weight is 627 g/mol. The molecule has 0 aliphatic carbocycles. The number of non-ortho nitro benzene ring substituents is 1. The molecule has 42 heavy (non-hydrogen) atoms. The molecule has 2 heterocycles. The SMILES string of the molecule is CC[C@H]1CCCCN1S(=O)(=O)c1cc([N+](=O)[O-])ccc1N/N=C\c1ccc(Sc2nc3ccccc3s2)c([N+](=O)[O-])c1. The summed E-state index contributed by atoms with van der Waals surface area (Å²) in [6.45, 7) is 2.24. The molecule has 0 spiro atoms. The number of nitrogens with zero attached hydrogens (tertiary/aromatic N) is 5. The number of para-hydroxylation sites is 1. The van der Waals surface area contributed by atoms with Gasteiger partial charge in [0.1, 0.15) is 4.90 Å². The number of anilines is 1. The van der Waals surface area contributed by atoms with Gasteiger partial charge in [-0.25, -0.2) is 13.4 Å². The van der Waals surface area contributed by atoms with E-state index in [9.17, 15) is 28.6 Å². The lowest BCUT2D eigenvalue weighted by atomic mass is 10.0. The Hall–Kier alpha value is -3.92. The first-order chi connectivity index (χ1) is 20.2. The third kappa shape index (κ3) is 6.28. The highest BCUT2D eigenvalue weighted by Crippen LogP contribution is 2.39. The first kappa shape index (κ1) is 29.6. The standard InChI is InChI=1S/C27H26N6O6S3/c1-2-19-7-5-6-14-31(19)42(38,39)26-16-20(32(34)35)11-12-22(26)30-28-17-18-10-13-25(23(15-18)33(36)37)41-27-29-21-8-3-4-9-24(21)40-27/h3-4,8-13,15-17,19,30H,2,5-7,14H2,1H3/b28-17-/t19-/m0/s1. The highest BCUT2D eigenvalue weighted by molar-refractivity contribution is 8.01. The summed E-state index contributed by atoms with van der Waals surface area (Å²) in [6, 6.07) is 15.6. The average Bonchev–Trinajstić information content (AvgIpc) is 3.40. The number of nitrogens with one attached hydrogen (secondary N) is 1. The number of hydrogen-bond donors (Lipinski definition) is 1. The van der Waals surface area contributed by atoms with Gasteiger partial charge in [-0.1, -0.05) is 43.3 Å². The number of hydrogen-bond acceptors (Lipinski definition) is 11. The first-order valence-electron chi connectivity index (χ1n) is 13.1. The summed E-state index contributed by atoms with van der Waals surface area (Å²) in [5.74, 6) is 0. The summed E-state index contributed by atoms with van der Waals surface area (Å²) in [4.78, 5) is 26.9. The fourth-order valence-corrected chi connectivity index (χ4v) is 8.80. The minimum absolute atomic E-state index is 0.0646. The topological polar surface area (TPSA) is 161 Å². The Labute approximate surface area is 249 Å². The number of aromatic nitrogens is 1. The van der Waals surface area contributed by atoms with Crippen LogP contribution >= 0.6 is 23.1 Å². The maximum absolute atomic E-state index is 13.7. The van der Waals surface area contributed by atoms with Crippen molar-refractivity contribution < 1.29 is 18.3 Å². The molecule has 3 aromatic carbocycles. The van der Waals surface area contributed by atoms with Crippen molar-refractivity contribution in [3.8, 4) is 0 Å². The van der Waals surface area contributed by atoms with Crippen LogP contribution in [0.25, 0.3) is 10.2 Å². The molecule has 0 radical (unpaired) electrons. The molecule has 1 aromatic heterocycles. The van der Waals surface area contributed by atoms with E-state index in [2.05, 4.69) is 15.5 Å². The molecule has 15 heteroatoms. The fraction of sp³-hybridized carbons (Fsp3) is 0.259. The van der Waals surface area contributed by atoms with Gasteiger partial charge in [-0.2, -0.15) is 9.41 Å². The molecule has 5 rings (SSSR count). The van der Waals surface area contributed by atoms with E-state index in [0.717, 1.165) is 29.1 Å². The molecule has 12 nitrogen and oxygen atoms in total. The molecule has 4 aromatic rings. The van der Waals surface area contributed by atoms with Gasteiger partial charge in [-0.15, -0.1) is 11.3 Å². The second-order valence-electron chi connectivity index (χ2n) is 9.52. The van der Waals surface area contributed by atoms with E-state index in [4.69, 9.17) is 0 Å². The second-order valence-corrected chi connectivity index (χ2v) is 13.7. The number of fused-ring (bicyclic) bond motifs is 1. The van der Waals surface area contributed by atoms with E-state index in [1.165, 1.54) is 51.8 Å². The van der Waals surface area contributed by atoms with Gasteiger partial charge in [0.25, 0.3) is 11.4 Å². The van der Waals surface area contributed by atoms with E-state index in [1.807, 2.05) is 31.2 Å². The molecule has 0 unspecified atom stereocenters. The predicted molar refractivity (Wildman–Crippen MR) is 163 cm³/mol. The lowest BCUT2D eigenvalue weighted by molar-refractivity contribution is -0.387. The smallest absolute Gasteiger partial charge is 0.277 e. The van der Waals surface area contributed by atoms with Gasteiger partial charge in [0, 0.05) is 36.3 Å². The first-order valence-corrected chi connectivity index (χ1v) is 16.2. The molecule has 1 saturated heterocycles. The van der Waals surface area contributed by atoms with Crippen molar-refractivity contribution in [3.63, 3.8) is 0 Å². The van der Waals surface area contributed by atoms with Gasteiger partial charge < -0.3 is 0 Å². The van der Waals surface area contributed by atoms with Gasteiger partial charge >= 0.3 is 0 Å². The Kier molecular flexibility index (Phi) is 8.82. The van der Waals surface area contributed by atoms with E-state index in [0.29, 0.717) is 34.2 Å². The molecule has 218 valence electrons. The van der Waals surface area contributed by atoms with Crippen LogP contribution in [0.3, 0.4) is 0 Å². The Morgan fingerprint density at radius 3 is 2.67 bits per heavy atom. The van der Waals surface area contributed by atoms with Gasteiger partial charge in [-0.05, 0) is 43.5 Å². The number of benzene rings is 3. The van der Waals surface area contributed by atoms with Crippen LogP contribution in [-0.2, 0) is 10.0 Å². The maximum atomic E-state index is 13.7. The zero-order chi connectivity index (χ0) is 29.9. The maximum Gasteiger partial charge on any atom is 0.283 e. The van der Waals surface area contributed by atoms with E-state index >= 15 is 0 Å². The largest absolute Gasteiger partial charge is 0.283 e. The van der Waals surface area contributed by atoms with Crippen molar-refractivity contribution in [3.05, 3.63) is 86.5 Å². The summed E-state index contributed by atoms with van der Waals surface area (Å²) in [5, 5.41) is 27.4. The minimum atomic E-state index is -4.07. The van der Waals surface area contributed by atoms with Gasteiger partial charge in [0.15, 0.2) is 4.34 Å². The van der Waals surface area contributed by atoms with Gasteiger partial charge in [0.05, 0.1) is 36.9 Å². The molecule has 1 atom stereocenters. The van der Waals surface area contributed by atoms with Crippen LogP contribution in [0.1, 0.15) is 38.2 Å².